The van der Waals surface area contributed by atoms with E-state index in [1.54, 1.807) is 19.1 Å². The molecule has 0 saturated carbocycles. The zero-order chi connectivity index (χ0) is 21.2. The minimum absolute atomic E-state index is 0.110. The van der Waals surface area contributed by atoms with E-state index < -0.39 is 5.60 Å². The molecule has 1 aromatic rings. The van der Waals surface area contributed by atoms with Crippen molar-refractivity contribution in [1.82, 2.24) is 9.80 Å². The highest BCUT2D eigenvalue weighted by Gasteiger charge is 2.34. The zero-order valence-corrected chi connectivity index (χ0v) is 18.1. The van der Waals surface area contributed by atoms with Gasteiger partial charge in [-0.15, -0.1) is 0 Å². The van der Waals surface area contributed by atoms with Gasteiger partial charge in [-0.25, -0.2) is 4.79 Å². The Bertz CT molecular complexity index is 771. The molecule has 3 rings (SSSR count). The van der Waals surface area contributed by atoms with E-state index in [4.69, 9.17) is 14.2 Å². The van der Waals surface area contributed by atoms with E-state index in [2.05, 4.69) is 0 Å². The van der Waals surface area contributed by atoms with Gasteiger partial charge in [0.05, 0.1) is 20.1 Å². The van der Waals surface area contributed by atoms with Gasteiger partial charge in [0.2, 0.25) is 5.91 Å². The van der Waals surface area contributed by atoms with Crippen molar-refractivity contribution in [3.8, 4) is 11.5 Å². The van der Waals surface area contributed by atoms with Crippen molar-refractivity contribution in [1.29, 1.82) is 0 Å². The first-order valence-electron chi connectivity index (χ1n) is 10.2. The molecule has 0 N–H and O–H groups in total. The van der Waals surface area contributed by atoms with Crippen LogP contribution in [0, 0.1) is 5.92 Å². The molecule has 2 amide bonds. The van der Waals surface area contributed by atoms with Crippen molar-refractivity contribution in [2.75, 3.05) is 33.9 Å². The quantitative estimate of drug-likeness (QED) is 0.774. The van der Waals surface area contributed by atoms with Gasteiger partial charge in [-0.2, -0.15) is 0 Å². The SMILES string of the molecule is COc1cc2c(cc1OC)CN(C(=O)C1CCCN(C(=O)OC(C)(C)C)C1)CC2. The van der Waals surface area contributed by atoms with Crippen LogP contribution in [0.4, 0.5) is 4.79 Å². The molecule has 1 unspecified atom stereocenters. The lowest BCUT2D eigenvalue weighted by Crippen LogP contribution is -2.48. The molecular weight excluding hydrogens is 372 g/mol. The Labute approximate surface area is 172 Å². The molecule has 7 nitrogen and oxygen atoms in total. The zero-order valence-electron chi connectivity index (χ0n) is 18.1. The Morgan fingerprint density at radius 1 is 1.00 bits per heavy atom. The number of amides is 2. The molecule has 29 heavy (non-hydrogen) atoms. The van der Waals surface area contributed by atoms with Crippen LogP contribution in [-0.2, 0) is 22.5 Å². The summed E-state index contributed by atoms with van der Waals surface area (Å²) in [6.45, 7) is 7.84. The van der Waals surface area contributed by atoms with Crippen LogP contribution in [0.15, 0.2) is 12.1 Å². The second-order valence-corrected chi connectivity index (χ2v) is 8.75. The standard InChI is InChI=1S/C22H32N2O5/c1-22(2,3)29-21(26)24-9-6-7-16(13-24)20(25)23-10-8-15-11-18(27-4)19(28-5)12-17(15)14-23/h11-12,16H,6-10,13-14H2,1-5H3. The fraction of sp³-hybridized carbons (Fsp3) is 0.636. The summed E-state index contributed by atoms with van der Waals surface area (Å²) in [5.41, 5.74) is 1.73. The van der Waals surface area contributed by atoms with Gasteiger partial charge in [0, 0.05) is 26.2 Å². The molecule has 160 valence electrons. The molecule has 2 aliphatic heterocycles. The summed E-state index contributed by atoms with van der Waals surface area (Å²) >= 11 is 0. The second kappa shape index (κ2) is 8.51. The molecular formula is C22H32N2O5. The minimum Gasteiger partial charge on any atom is -0.493 e. The van der Waals surface area contributed by atoms with E-state index in [1.807, 2.05) is 37.8 Å². The summed E-state index contributed by atoms with van der Waals surface area (Å²) in [5.74, 6) is 1.32. The number of likely N-dealkylation sites (tertiary alicyclic amines) is 1. The van der Waals surface area contributed by atoms with Crippen LogP contribution in [-0.4, -0.2) is 61.3 Å². The fourth-order valence-electron chi connectivity index (χ4n) is 4.00. The van der Waals surface area contributed by atoms with E-state index in [9.17, 15) is 9.59 Å². The molecule has 0 aromatic heterocycles. The van der Waals surface area contributed by atoms with Gasteiger partial charge in [0.15, 0.2) is 11.5 Å². The first-order valence-corrected chi connectivity index (χ1v) is 10.2. The van der Waals surface area contributed by atoms with Crippen LogP contribution in [0.3, 0.4) is 0 Å². The molecule has 1 fully saturated rings. The van der Waals surface area contributed by atoms with Crippen molar-refractivity contribution in [3.63, 3.8) is 0 Å². The van der Waals surface area contributed by atoms with Crippen LogP contribution in [0.5, 0.6) is 11.5 Å². The number of ether oxygens (including phenoxy) is 3. The van der Waals surface area contributed by atoms with Crippen LogP contribution in [0.25, 0.3) is 0 Å². The number of benzene rings is 1. The summed E-state index contributed by atoms with van der Waals surface area (Å²) in [6, 6.07) is 3.96. The van der Waals surface area contributed by atoms with Gasteiger partial charge in [-0.1, -0.05) is 0 Å². The van der Waals surface area contributed by atoms with Crippen LogP contribution in [0.2, 0.25) is 0 Å². The molecule has 2 heterocycles. The van der Waals surface area contributed by atoms with Gasteiger partial charge >= 0.3 is 6.09 Å². The topological polar surface area (TPSA) is 68.3 Å². The highest BCUT2D eigenvalue weighted by molar-refractivity contribution is 5.80. The Kier molecular flexibility index (Phi) is 6.24. The monoisotopic (exact) mass is 404 g/mol. The summed E-state index contributed by atoms with van der Waals surface area (Å²) in [5, 5.41) is 0. The third kappa shape index (κ3) is 4.95. The van der Waals surface area contributed by atoms with Crippen molar-refractivity contribution < 1.29 is 23.8 Å². The molecule has 1 aromatic carbocycles. The predicted octanol–water partition coefficient (Wildman–Crippen LogP) is 3.24. The van der Waals surface area contributed by atoms with E-state index in [-0.39, 0.29) is 17.9 Å². The number of hydrogen-bond acceptors (Lipinski definition) is 5. The Morgan fingerprint density at radius 3 is 2.28 bits per heavy atom. The van der Waals surface area contributed by atoms with Crippen molar-refractivity contribution in [2.45, 2.75) is 52.2 Å². The fourth-order valence-corrected chi connectivity index (χ4v) is 4.00. The number of piperidine rings is 1. The maximum Gasteiger partial charge on any atom is 0.410 e. The van der Waals surface area contributed by atoms with Gasteiger partial charge in [-0.05, 0) is 63.3 Å². The normalized spacial score (nSPS) is 19.4. The number of carbonyl (C=O) groups is 2. The van der Waals surface area contributed by atoms with Gasteiger partial charge < -0.3 is 24.0 Å². The number of hydrogen-bond donors (Lipinski definition) is 0. The molecule has 1 saturated heterocycles. The maximum absolute atomic E-state index is 13.2. The van der Waals surface area contributed by atoms with Gasteiger partial charge in [0.1, 0.15) is 5.60 Å². The van der Waals surface area contributed by atoms with Crippen molar-refractivity contribution in [2.24, 2.45) is 5.92 Å². The molecule has 7 heteroatoms. The van der Waals surface area contributed by atoms with Crippen LogP contribution < -0.4 is 9.47 Å². The lowest BCUT2D eigenvalue weighted by molar-refractivity contribution is -0.138. The average Bonchev–Trinajstić information content (AvgIpc) is 2.70. The van der Waals surface area contributed by atoms with Crippen molar-refractivity contribution >= 4 is 12.0 Å². The first kappa shape index (κ1) is 21.3. The molecule has 0 spiro atoms. The number of nitrogens with zero attached hydrogens (tertiary/aromatic N) is 2. The third-order valence-electron chi connectivity index (χ3n) is 5.45. The van der Waals surface area contributed by atoms with E-state index in [0.717, 1.165) is 24.8 Å². The largest absolute Gasteiger partial charge is 0.493 e. The van der Waals surface area contributed by atoms with Crippen LogP contribution in [0.1, 0.15) is 44.7 Å². The summed E-state index contributed by atoms with van der Waals surface area (Å²) in [6.07, 6.45) is 2.05. The Balaban J connectivity index is 1.67. The Morgan fingerprint density at radius 2 is 1.66 bits per heavy atom. The van der Waals surface area contributed by atoms with Crippen molar-refractivity contribution in [3.05, 3.63) is 23.3 Å². The molecule has 2 aliphatic rings. The number of methoxy groups -OCH3 is 2. The van der Waals surface area contributed by atoms with Crippen LogP contribution >= 0.6 is 0 Å². The average molecular weight is 405 g/mol. The predicted molar refractivity (Wildman–Crippen MR) is 109 cm³/mol. The highest BCUT2D eigenvalue weighted by atomic mass is 16.6. The molecule has 0 aliphatic carbocycles. The lowest BCUT2D eigenvalue weighted by atomic mass is 9.93. The van der Waals surface area contributed by atoms with E-state index in [0.29, 0.717) is 37.7 Å². The smallest absolute Gasteiger partial charge is 0.410 e. The first-order chi connectivity index (χ1) is 13.7. The summed E-state index contributed by atoms with van der Waals surface area (Å²) in [7, 11) is 3.24. The highest BCUT2D eigenvalue weighted by Crippen LogP contribution is 2.34. The number of carbonyl (C=O) groups excluding carboxylic acids is 2. The lowest BCUT2D eigenvalue weighted by Gasteiger charge is -2.37. The summed E-state index contributed by atoms with van der Waals surface area (Å²) < 4.78 is 16.3. The maximum atomic E-state index is 13.2. The summed E-state index contributed by atoms with van der Waals surface area (Å²) in [4.78, 5) is 29.2. The van der Waals surface area contributed by atoms with Gasteiger partial charge in [0.25, 0.3) is 0 Å². The third-order valence-corrected chi connectivity index (χ3v) is 5.45. The molecule has 0 bridgehead atoms. The van der Waals surface area contributed by atoms with E-state index >= 15 is 0 Å². The number of fused-ring (bicyclic) bond motifs is 1. The second-order valence-electron chi connectivity index (χ2n) is 8.75. The van der Waals surface area contributed by atoms with Gasteiger partial charge in [-0.3, -0.25) is 4.79 Å². The minimum atomic E-state index is -0.537. The Hall–Kier alpha value is -2.44. The number of rotatable bonds is 3. The molecule has 0 radical (unpaired) electrons. The van der Waals surface area contributed by atoms with E-state index in [1.165, 1.54) is 5.56 Å². The molecule has 1 atom stereocenters.